The lowest BCUT2D eigenvalue weighted by atomic mass is 10.1. The van der Waals surface area contributed by atoms with E-state index in [4.69, 9.17) is 14.2 Å². The van der Waals surface area contributed by atoms with Crippen LogP contribution in [0, 0.1) is 0 Å². The van der Waals surface area contributed by atoms with E-state index in [1.54, 1.807) is 12.1 Å². The average molecular weight is 433 g/mol. The normalized spacial score (nSPS) is 16.0. The Morgan fingerprint density at radius 1 is 1.19 bits per heavy atom. The Morgan fingerprint density at radius 2 is 1.94 bits per heavy atom. The predicted molar refractivity (Wildman–Crippen MR) is 116 cm³/mol. The molecule has 1 aliphatic heterocycles. The second-order valence-electron chi connectivity index (χ2n) is 7.32. The number of ether oxygens (including phenoxy) is 3. The van der Waals surface area contributed by atoms with Crippen LogP contribution in [-0.2, 0) is 19.1 Å². The molecule has 1 aromatic rings. The van der Waals surface area contributed by atoms with Crippen molar-refractivity contribution in [3.8, 4) is 5.75 Å². The number of rotatable bonds is 12. The molecule has 31 heavy (non-hydrogen) atoms. The number of methoxy groups -OCH3 is 2. The van der Waals surface area contributed by atoms with Crippen LogP contribution in [0.25, 0.3) is 5.76 Å². The van der Waals surface area contributed by atoms with Crippen molar-refractivity contribution in [3.63, 3.8) is 0 Å². The predicted octanol–water partition coefficient (Wildman–Crippen LogP) is 3.51. The summed E-state index contributed by atoms with van der Waals surface area (Å²) in [5.41, 5.74) is 0.617. The van der Waals surface area contributed by atoms with Crippen LogP contribution in [0.2, 0.25) is 0 Å². The van der Waals surface area contributed by atoms with Crippen molar-refractivity contribution in [2.75, 3.05) is 20.8 Å². The van der Waals surface area contributed by atoms with Crippen LogP contribution < -0.4 is 10.1 Å². The molecule has 2 unspecified atom stereocenters. The van der Waals surface area contributed by atoms with E-state index in [2.05, 4.69) is 12.2 Å². The van der Waals surface area contributed by atoms with Gasteiger partial charge in [0.15, 0.2) is 6.04 Å². The highest BCUT2D eigenvalue weighted by atomic mass is 16.5. The van der Waals surface area contributed by atoms with E-state index >= 15 is 0 Å². The highest BCUT2D eigenvalue weighted by molar-refractivity contribution is 6.04. The second-order valence-corrected chi connectivity index (χ2v) is 7.32. The van der Waals surface area contributed by atoms with Crippen LogP contribution in [0.1, 0.15) is 51.5 Å². The van der Waals surface area contributed by atoms with Crippen LogP contribution >= 0.6 is 0 Å². The van der Waals surface area contributed by atoms with E-state index < -0.39 is 23.9 Å². The summed E-state index contributed by atoms with van der Waals surface area (Å²) in [6.45, 7) is 3.84. The molecule has 0 saturated carbocycles. The van der Waals surface area contributed by atoms with Crippen LogP contribution in [-0.4, -0.2) is 55.7 Å². The topological polar surface area (TPSA) is 94.2 Å². The molecule has 8 heteroatoms. The quantitative estimate of drug-likeness (QED) is 0.235. The van der Waals surface area contributed by atoms with Gasteiger partial charge in [-0.25, -0.2) is 9.59 Å². The highest BCUT2D eigenvalue weighted by Gasteiger charge is 2.38. The maximum atomic E-state index is 13.1. The van der Waals surface area contributed by atoms with Gasteiger partial charge < -0.3 is 14.2 Å². The van der Waals surface area contributed by atoms with Crippen molar-refractivity contribution >= 4 is 23.7 Å². The molecular formula is C23H32N2O6. The molecule has 1 fully saturated rings. The molecule has 0 aromatic heterocycles. The molecule has 2 rings (SSSR count). The summed E-state index contributed by atoms with van der Waals surface area (Å²) >= 11 is 0. The van der Waals surface area contributed by atoms with Gasteiger partial charge in [0.1, 0.15) is 24.2 Å². The molecule has 2 atom stereocenters. The Balaban J connectivity index is 2.35. The molecule has 1 aromatic carbocycles. The molecule has 0 radical (unpaired) electrons. The maximum absolute atomic E-state index is 13.1. The van der Waals surface area contributed by atoms with Gasteiger partial charge in [-0.05, 0) is 37.5 Å². The maximum Gasteiger partial charge on any atom is 0.333 e. The van der Waals surface area contributed by atoms with Gasteiger partial charge in [0.2, 0.25) is 5.91 Å². The first-order valence-corrected chi connectivity index (χ1v) is 10.6. The lowest BCUT2D eigenvalue weighted by molar-refractivity contribution is -0.153. The molecule has 3 amide bonds. The van der Waals surface area contributed by atoms with Crippen LogP contribution in [0.4, 0.5) is 4.79 Å². The third kappa shape index (κ3) is 6.47. The minimum absolute atomic E-state index is 0.232. The Kier molecular flexibility index (Phi) is 9.37. The SMILES string of the molecule is CCCCCC(CC)OC(=O)C(C=C(OC)c1ccccc1OC)N1CC(=O)NC1=O. The van der Waals surface area contributed by atoms with Gasteiger partial charge in [0, 0.05) is 0 Å². The van der Waals surface area contributed by atoms with Gasteiger partial charge in [-0.15, -0.1) is 0 Å². The zero-order valence-corrected chi connectivity index (χ0v) is 18.7. The fourth-order valence-electron chi connectivity index (χ4n) is 3.43. The monoisotopic (exact) mass is 432 g/mol. The lowest BCUT2D eigenvalue weighted by Crippen LogP contribution is -2.44. The number of carbonyl (C=O) groups is 3. The summed E-state index contributed by atoms with van der Waals surface area (Å²) in [6.07, 6.45) is 5.74. The second kappa shape index (κ2) is 12.0. The number of unbranched alkanes of at least 4 members (excludes halogenated alkanes) is 2. The van der Waals surface area contributed by atoms with Crippen molar-refractivity contribution in [2.24, 2.45) is 0 Å². The number of nitrogens with one attached hydrogen (secondary N) is 1. The number of urea groups is 1. The van der Waals surface area contributed by atoms with Gasteiger partial charge in [-0.2, -0.15) is 0 Å². The van der Waals surface area contributed by atoms with E-state index in [1.165, 1.54) is 20.3 Å². The molecule has 1 heterocycles. The van der Waals surface area contributed by atoms with Gasteiger partial charge >= 0.3 is 12.0 Å². The summed E-state index contributed by atoms with van der Waals surface area (Å²) in [5, 5.41) is 2.21. The zero-order chi connectivity index (χ0) is 22.8. The number of nitrogens with zero attached hydrogens (tertiary/aromatic N) is 1. The number of carbonyl (C=O) groups excluding carboxylic acids is 3. The van der Waals surface area contributed by atoms with E-state index in [9.17, 15) is 14.4 Å². The first-order valence-electron chi connectivity index (χ1n) is 10.6. The molecule has 0 spiro atoms. The third-order valence-electron chi connectivity index (χ3n) is 5.17. The number of benzene rings is 1. The number of amides is 3. The minimum atomic E-state index is -1.12. The van der Waals surface area contributed by atoms with Gasteiger partial charge in [-0.3, -0.25) is 15.0 Å². The minimum Gasteiger partial charge on any atom is -0.496 e. The fourth-order valence-corrected chi connectivity index (χ4v) is 3.43. The molecule has 1 saturated heterocycles. The molecule has 8 nitrogen and oxygen atoms in total. The molecule has 1 aliphatic rings. The van der Waals surface area contributed by atoms with Crippen molar-refractivity contribution in [3.05, 3.63) is 35.9 Å². The fraction of sp³-hybridized carbons (Fsp3) is 0.522. The highest BCUT2D eigenvalue weighted by Crippen LogP contribution is 2.28. The lowest BCUT2D eigenvalue weighted by Gasteiger charge is -2.25. The molecule has 0 aliphatic carbocycles. The summed E-state index contributed by atoms with van der Waals surface area (Å²) in [5.74, 6) is -0.179. The van der Waals surface area contributed by atoms with Gasteiger partial charge in [0.05, 0.1) is 19.8 Å². The Labute approximate surface area is 183 Å². The van der Waals surface area contributed by atoms with Crippen molar-refractivity contribution in [2.45, 2.75) is 58.1 Å². The Hall–Kier alpha value is -3.03. The van der Waals surface area contributed by atoms with E-state index in [0.29, 0.717) is 23.5 Å². The largest absolute Gasteiger partial charge is 0.496 e. The van der Waals surface area contributed by atoms with Crippen molar-refractivity contribution in [1.29, 1.82) is 0 Å². The summed E-state index contributed by atoms with van der Waals surface area (Å²) < 4.78 is 16.6. The smallest absolute Gasteiger partial charge is 0.333 e. The summed E-state index contributed by atoms with van der Waals surface area (Å²) in [7, 11) is 3.00. The number of para-hydroxylation sites is 1. The van der Waals surface area contributed by atoms with Gasteiger partial charge in [0.25, 0.3) is 0 Å². The summed E-state index contributed by atoms with van der Waals surface area (Å²) in [4.78, 5) is 38.4. The third-order valence-corrected chi connectivity index (χ3v) is 5.17. The number of hydrogen-bond donors (Lipinski definition) is 1. The van der Waals surface area contributed by atoms with Crippen LogP contribution in [0.5, 0.6) is 5.75 Å². The first kappa shape index (κ1) is 24.2. The van der Waals surface area contributed by atoms with E-state index in [1.807, 2.05) is 19.1 Å². The molecule has 0 bridgehead atoms. The number of imide groups is 1. The summed E-state index contributed by atoms with van der Waals surface area (Å²) in [6, 6.07) is 5.42. The first-order chi connectivity index (χ1) is 14.9. The Morgan fingerprint density at radius 3 is 2.52 bits per heavy atom. The number of hydrogen-bond acceptors (Lipinski definition) is 6. The van der Waals surface area contributed by atoms with E-state index in [0.717, 1.165) is 30.6 Å². The van der Waals surface area contributed by atoms with Crippen LogP contribution in [0.15, 0.2) is 30.3 Å². The molecular weight excluding hydrogens is 400 g/mol. The molecule has 170 valence electrons. The van der Waals surface area contributed by atoms with Crippen LogP contribution in [0.3, 0.4) is 0 Å². The van der Waals surface area contributed by atoms with E-state index in [-0.39, 0.29) is 12.6 Å². The molecule has 1 N–H and O–H groups in total. The number of esters is 1. The zero-order valence-electron chi connectivity index (χ0n) is 18.7. The van der Waals surface area contributed by atoms with Gasteiger partial charge in [-0.1, -0.05) is 38.8 Å². The Bertz CT molecular complexity index is 807. The van der Waals surface area contributed by atoms with Crippen molar-refractivity contribution < 1.29 is 28.6 Å². The standard InChI is InChI=1S/C23H32N2O6/c1-5-7-8-11-16(6-2)31-22(27)18(25-15-21(26)24-23(25)28)14-20(30-4)17-12-9-10-13-19(17)29-3/h9-10,12-14,16,18H,5-8,11,15H2,1-4H3,(H,24,26,28). The average Bonchev–Trinajstić information content (AvgIpc) is 3.11. The van der Waals surface area contributed by atoms with Crippen molar-refractivity contribution in [1.82, 2.24) is 10.2 Å².